The van der Waals surface area contributed by atoms with Crippen LogP contribution in [0.4, 0.5) is 30.4 Å². The van der Waals surface area contributed by atoms with Crippen molar-refractivity contribution in [1.29, 1.82) is 0 Å². The molecule has 0 saturated carbocycles. The molecule has 3 aromatic rings. The number of rotatable bonds is 4. The van der Waals surface area contributed by atoms with Crippen LogP contribution in [-0.4, -0.2) is 21.1 Å². The van der Waals surface area contributed by atoms with E-state index in [2.05, 4.69) is 15.3 Å². The van der Waals surface area contributed by atoms with Crippen LogP contribution in [0, 0.1) is 10.1 Å². The van der Waals surface area contributed by atoms with Crippen LogP contribution >= 0.6 is 0 Å². The van der Waals surface area contributed by atoms with Crippen molar-refractivity contribution in [2.24, 2.45) is 0 Å². The van der Waals surface area contributed by atoms with E-state index in [1.54, 1.807) is 6.07 Å². The third-order valence-corrected chi connectivity index (χ3v) is 3.55. The summed E-state index contributed by atoms with van der Waals surface area (Å²) in [6.45, 7) is 0. The lowest BCUT2D eigenvalue weighted by atomic mass is 10.1. The molecule has 2 heterocycles. The summed E-state index contributed by atoms with van der Waals surface area (Å²) < 4.78 is 38.3. The van der Waals surface area contributed by atoms with Crippen LogP contribution in [0.5, 0.6) is 0 Å². The average Bonchev–Trinajstić information content (AvgIpc) is 2.57. The molecule has 10 heteroatoms. The minimum absolute atomic E-state index is 0.0819. The van der Waals surface area contributed by atoms with Crippen LogP contribution in [0.25, 0.3) is 10.9 Å². The van der Waals surface area contributed by atoms with E-state index in [-0.39, 0.29) is 17.0 Å². The Balaban J connectivity index is 2.03. The van der Waals surface area contributed by atoms with E-state index in [0.717, 1.165) is 0 Å². The molecule has 1 aromatic carbocycles. The summed E-state index contributed by atoms with van der Waals surface area (Å²) in [4.78, 5) is 28.4. The first kappa shape index (κ1) is 17.4. The van der Waals surface area contributed by atoms with Crippen LogP contribution < -0.4 is 10.9 Å². The minimum Gasteiger partial charge on any atom is -0.340 e. The number of non-ortho nitro benzene ring substituents is 1. The molecule has 0 aliphatic carbocycles. The molecule has 0 bridgehead atoms. The number of anilines is 2. The van der Waals surface area contributed by atoms with Crippen LogP contribution in [0.2, 0.25) is 0 Å². The number of alkyl halides is 3. The largest absolute Gasteiger partial charge is 0.393 e. The molecule has 134 valence electrons. The molecule has 0 aliphatic heterocycles. The molecule has 3 rings (SSSR count). The van der Waals surface area contributed by atoms with Gasteiger partial charge in [-0.15, -0.1) is 0 Å². The number of benzene rings is 1. The van der Waals surface area contributed by atoms with Gasteiger partial charge in [-0.05, 0) is 18.2 Å². The summed E-state index contributed by atoms with van der Waals surface area (Å²) in [5.41, 5.74) is -1.24. The molecule has 7 nitrogen and oxygen atoms in total. The number of nitro benzene ring substituents is 1. The topological polar surface area (TPSA) is 101 Å². The van der Waals surface area contributed by atoms with Gasteiger partial charge in [0.25, 0.3) is 11.2 Å². The first-order chi connectivity index (χ1) is 12.2. The van der Waals surface area contributed by atoms with Crippen LogP contribution in [0.15, 0.2) is 47.4 Å². The SMILES string of the molecule is O=c1[nH]cc2ccc(Nc3cccc([N+](=O)[O-])c3)nc2c1CC(F)(F)F. The number of nitrogens with one attached hydrogen (secondary N) is 2. The maximum Gasteiger partial charge on any atom is 0.393 e. The molecule has 2 N–H and O–H groups in total. The van der Waals surface area contributed by atoms with E-state index in [4.69, 9.17) is 0 Å². The Morgan fingerprint density at radius 2 is 2.00 bits per heavy atom. The molecule has 0 amide bonds. The van der Waals surface area contributed by atoms with Gasteiger partial charge in [0.1, 0.15) is 5.82 Å². The molecular weight excluding hydrogens is 353 g/mol. The average molecular weight is 364 g/mol. The zero-order valence-corrected chi connectivity index (χ0v) is 13.0. The van der Waals surface area contributed by atoms with Gasteiger partial charge >= 0.3 is 6.18 Å². The number of hydrogen-bond donors (Lipinski definition) is 2. The predicted octanol–water partition coefficient (Wildman–Crippen LogP) is 3.68. The van der Waals surface area contributed by atoms with Crippen molar-refractivity contribution < 1.29 is 18.1 Å². The van der Waals surface area contributed by atoms with Gasteiger partial charge in [-0.2, -0.15) is 13.2 Å². The Morgan fingerprint density at radius 1 is 1.23 bits per heavy atom. The third kappa shape index (κ3) is 3.79. The summed E-state index contributed by atoms with van der Waals surface area (Å²) in [5.74, 6) is 0.159. The molecule has 0 saturated heterocycles. The highest BCUT2D eigenvalue weighted by molar-refractivity contribution is 5.83. The van der Waals surface area contributed by atoms with Crippen molar-refractivity contribution in [2.75, 3.05) is 5.32 Å². The Hall–Kier alpha value is -3.43. The summed E-state index contributed by atoms with van der Waals surface area (Å²) in [6, 6.07) is 8.57. The highest BCUT2D eigenvalue weighted by atomic mass is 19.4. The standard InChI is InChI=1S/C16H11F3N4O3/c17-16(18,19)7-12-14-9(8-20-15(12)24)4-5-13(22-14)21-10-2-1-3-11(6-10)23(25)26/h1-6,8H,7H2,(H,20,24)(H,21,22). The Labute approximate surface area is 143 Å². The molecule has 0 fully saturated rings. The summed E-state index contributed by atoms with van der Waals surface area (Å²) >= 11 is 0. The second-order valence-corrected chi connectivity index (χ2v) is 5.46. The van der Waals surface area contributed by atoms with Crippen LogP contribution in [-0.2, 0) is 6.42 Å². The van der Waals surface area contributed by atoms with E-state index in [9.17, 15) is 28.1 Å². The maximum absolute atomic E-state index is 12.8. The van der Waals surface area contributed by atoms with Crippen molar-refractivity contribution in [1.82, 2.24) is 9.97 Å². The number of nitrogens with zero attached hydrogens (tertiary/aromatic N) is 2. The van der Waals surface area contributed by atoms with Gasteiger partial charge in [-0.3, -0.25) is 14.9 Å². The number of hydrogen-bond acceptors (Lipinski definition) is 5. The molecule has 2 aromatic heterocycles. The first-order valence-corrected chi connectivity index (χ1v) is 7.32. The fourth-order valence-corrected chi connectivity index (χ4v) is 2.45. The van der Waals surface area contributed by atoms with Crippen molar-refractivity contribution in [3.63, 3.8) is 0 Å². The number of halogens is 3. The monoisotopic (exact) mass is 364 g/mol. The lowest BCUT2D eigenvalue weighted by Crippen LogP contribution is -2.21. The summed E-state index contributed by atoms with van der Waals surface area (Å²) in [7, 11) is 0. The van der Waals surface area contributed by atoms with Gasteiger partial charge in [-0.25, -0.2) is 4.98 Å². The van der Waals surface area contributed by atoms with Crippen molar-refractivity contribution >= 4 is 28.1 Å². The number of H-pyrrole nitrogens is 1. The second-order valence-electron chi connectivity index (χ2n) is 5.46. The van der Waals surface area contributed by atoms with Crippen LogP contribution in [0.1, 0.15) is 5.56 Å². The fourth-order valence-electron chi connectivity index (χ4n) is 2.45. The highest BCUT2D eigenvalue weighted by Crippen LogP contribution is 2.26. The highest BCUT2D eigenvalue weighted by Gasteiger charge is 2.30. The van der Waals surface area contributed by atoms with Gasteiger partial charge in [0.05, 0.1) is 22.4 Å². The quantitative estimate of drug-likeness (QED) is 0.543. The van der Waals surface area contributed by atoms with E-state index in [1.165, 1.54) is 36.5 Å². The van der Waals surface area contributed by atoms with Crippen molar-refractivity contribution in [3.05, 3.63) is 68.6 Å². The Kier molecular flexibility index (Phi) is 4.33. The van der Waals surface area contributed by atoms with Crippen molar-refractivity contribution in [3.8, 4) is 0 Å². The number of aromatic amines is 1. The lowest BCUT2D eigenvalue weighted by Gasteiger charge is -2.10. The van der Waals surface area contributed by atoms with E-state index in [0.29, 0.717) is 11.1 Å². The fraction of sp³-hybridized carbons (Fsp3) is 0.125. The Bertz CT molecular complexity index is 1050. The summed E-state index contributed by atoms with van der Waals surface area (Å²) in [5, 5.41) is 13.9. The molecule has 0 atom stereocenters. The van der Waals surface area contributed by atoms with Gasteiger partial charge in [-0.1, -0.05) is 6.07 Å². The molecular formula is C16H11F3N4O3. The van der Waals surface area contributed by atoms with Gasteiger partial charge in [0.2, 0.25) is 0 Å². The zero-order valence-electron chi connectivity index (χ0n) is 13.0. The second kappa shape index (κ2) is 6.47. The normalized spacial score (nSPS) is 11.5. The van der Waals surface area contributed by atoms with E-state index in [1.807, 2.05) is 0 Å². The first-order valence-electron chi connectivity index (χ1n) is 7.32. The van der Waals surface area contributed by atoms with Gasteiger partial charge < -0.3 is 10.3 Å². The maximum atomic E-state index is 12.8. The molecule has 0 aliphatic rings. The van der Waals surface area contributed by atoms with Crippen LogP contribution in [0.3, 0.4) is 0 Å². The number of fused-ring (bicyclic) bond motifs is 1. The van der Waals surface area contributed by atoms with Gasteiger partial charge in [0, 0.05) is 29.4 Å². The number of pyridine rings is 2. The zero-order chi connectivity index (χ0) is 18.9. The van der Waals surface area contributed by atoms with E-state index >= 15 is 0 Å². The minimum atomic E-state index is -4.56. The third-order valence-electron chi connectivity index (χ3n) is 3.55. The molecule has 0 spiro atoms. The predicted molar refractivity (Wildman–Crippen MR) is 88.5 cm³/mol. The van der Waals surface area contributed by atoms with E-state index < -0.39 is 28.6 Å². The summed E-state index contributed by atoms with van der Waals surface area (Å²) in [6.07, 6.45) is -4.69. The number of aromatic nitrogens is 2. The Morgan fingerprint density at radius 3 is 2.69 bits per heavy atom. The van der Waals surface area contributed by atoms with Crippen molar-refractivity contribution in [2.45, 2.75) is 12.6 Å². The number of nitro groups is 1. The van der Waals surface area contributed by atoms with Gasteiger partial charge in [0.15, 0.2) is 0 Å². The molecule has 26 heavy (non-hydrogen) atoms. The molecule has 0 radical (unpaired) electrons. The molecule has 0 unspecified atom stereocenters. The smallest absolute Gasteiger partial charge is 0.340 e. The lowest BCUT2D eigenvalue weighted by molar-refractivity contribution is -0.384.